The van der Waals surface area contributed by atoms with Gasteiger partial charge < -0.3 is 0 Å². The largest absolute Gasteiger partial charge is 0.157 e. The van der Waals surface area contributed by atoms with Crippen LogP contribution in [0.15, 0.2) is 60.7 Å². The topological polar surface area (TPSA) is 0 Å². The maximum atomic E-state index is 2.21. The Morgan fingerprint density at radius 3 is 2.00 bits per heavy atom. The highest BCUT2D eigenvalue weighted by Gasteiger charge is 2.09. The van der Waals surface area contributed by atoms with E-state index in [0.29, 0.717) is 5.25 Å². The Morgan fingerprint density at radius 1 is 0.875 bits per heavy atom. The zero-order chi connectivity index (χ0) is 11.2. The molecule has 1 atom stereocenters. The molecule has 0 aliphatic heterocycles. The molecule has 1 heteroatoms. The summed E-state index contributed by atoms with van der Waals surface area (Å²) >= 11 is 1.92. The normalized spacial score (nSPS) is 12.3. The van der Waals surface area contributed by atoms with Crippen molar-refractivity contribution in [3.8, 4) is 0 Å². The molecule has 0 saturated carbocycles. The lowest BCUT2D eigenvalue weighted by Gasteiger charge is -2.14. The van der Waals surface area contributed by atoms with Crippen LogP contribution in [-0.2, 0) is 6.42 Å². The van der Waals surface area contributed by atoms with E-state index >= 15 is 0 Å². The molecule has 0 aliphatic carbocycles. The first-order chi connectivity index (χ1) is 7.90. The Labute approximate surface area is 102 Å². The number of thioether (sulfide) groups is 1. The first-order valence-corrected chi connectivity index (χ1v) is 6.80. The van der Waals surface area contributed by atoms with Crippen molar-refractivity contribution in [1.29, 1.82) is 0 Å². The van der Waals surface area contributed by atoms with Gasteiger partial charge in [-0.15, -0.1) is 0 Å². The maximum Gasteiger partial charge on any atom is 0.0334 e. The molecule has 0 aliphatic rings. The quantitative estimate of drug-likeness (QED) is 0.750. The molecular weight excluding hydrogens is 212 g/mol. The van der Waals surface area contributed by atoms with Gasteiger partial charge in [-0.05, 0) is 23.8 Å². The molecule has 2 rings (SSSR count). The van der Waals surface area contributed by atoms with Crippen LogP contribution in [0.1, 0.15) is 16.4 Å². The lowest BCUT2D eigenvalue weighted by atomic mass is 10.0. The summed E-state index contributed by atoms with van der Waals surface area (Å²) in [7, 11) is 0. The molecule has 0 nitrogen and oxygen atoms in total. The van der Waals surface area contributed by atoms with E-state index in [4.69, 9.17) is 0 Å². The van der Waals surface area contributed by atoms with Gasteiger partial charge in [-0.25, -0.2) is 0 Å². The van der Waals surface area contributed by atoms with E-state index in [9.17, 15) is 0 Å². The Kier molecular flexibility index (Phi) is 4.06. The molecule has 0 spiro atoms. The van der Waals surface area contributed by atoms with Crippen LogP contribution < -0.4 is 0 Å². The van der Waals surface area contributed by atoms with E-state index in [2.05, 4.69) is 66.9 Å². The summed E-state index contributed by atoms with van der Waals surface area (Å²) in [5.74, 6) is 0. The van der Waals surface area contributed by atoms with E-state index in [1.54, 1.807) is 0 Å². The average molecular weight is 228 g/mol. The minimum atomic E-state index is 0.559. The summed E-state index contributed by atoms with van der Waals surface area (Å²) in [6.07, 6.45) is 3.28. The fraction of sp³-hybridized carbons (Fsp3) is 0.200. The third-order valence-corrected chi connectivity index (χ3v) is 3.73. The second-order valence-corrected chi connectivity index (χ2v) is 4.87. The minimum absolute atomic E-state index is 0.559. The van der Waals surface area contributed by atoms with Gasteiger partial charge in [0.15, 0.2) is 0 Å². The van der Waals surface area contributed by atoms with Crippen molar-refractivity contribution in [2.45, 2.75) is 11.7 Å². The van der Waals surface area contributed by atoms with Crippen LogP contribution in [0.5, 0.6) is 0 Å². The monoisotopic (exact) mass is 228 g/mol. The second kappa shape index (κ2) is 5.76. The molecule has 0 radical (unpaired) electrons. The Balaban J connectivity index is 2.13. The first kappa shape index (κ1) is 11.3. The third-order valence-electron chi connectivity index (χ3n) is 2.72. The van der Waals surface area contributed by atoms with Crippen LogP contribution in [-0.4, -0.2) is 6.26 Å². The summed E-state index contributed by atoms with van der Waals surface area (Å²) in [6.45, 7) is 0. The molecule has 2 aromatic rings. The number of rotatable bonds is 4. The molecule has 0 bridgehead atoms. The third kappa shape index (κ3) is 2.89. The Morgan fingerprint density at radius 2 is 1.44 bits per heavy atom. The van der Waals surface area contributed by atoms with E-state index in [1.165, 1.54) is 11.1 Å². The lowest BCUT2D eigenvalue weighted by Crippen LogP contribution is -1.97. The van der Waals surface area contributed by atoms with E-state index < -0.39 is 0 Å². The summed E-state index contributed by atoms with van der Waals surface area (Å²) < 4.78 is 0. The standard InChI is InChI=1S/C15H16S/c1-16-15(14-10-6-3-7-11-14)12-13-8-4-2-5-9-13/h2-11,15H,12H2,1H3. The smallest absolute Gasteiger partial charge is 0.0334 e. The van der Waals surface area contributed by atoms with Gasteiger partial charge in [0.2, 0.25) is 0 Å². The fourth-order valence-electron chi connectivity index (χ4n) is 1.83. The van der Waals surface area contributed by atoms with Crippen LogP contribution >= 0.6 is 11.8 Å². The summed E-state index contributed by atoms with van der Waals surface area (Å²) in [5.41, 5.74) is 2.82. The van der Waals surface area contributed by atoms with Gasteiger partial charge in [0.05, 0.1) is 0 Å². The molecule has 0 aromatic heterocycles. The zero-order valence-electron chi connectivity index (χ0n) is 9.47. The van der Waals surface area contributed by atoms with E-state index in [-0.39, 0.29) is 0 Å². The highest BCUT2D eigenvalue weighted by molar-refractivity contribution is 7.98. The van der Waals surface area contributed by atoms with Gasteiger partial charge in [-0.2, -0.15) is 11.8 Å². The predicted molar refractivity (Wildman–Crippen MR) is 72.8 cm³/mol. The summed E-state index contributed by atoms with van der Waals surface area (Å²) in [4.78, 5) is 0. The molecule has 2 aromatic carbocycles. The van der Waals surface area contributed by atoms with Crippen LogP contribution in [0.4, 0.5) is 0 Å². The number of benzene rings is 2. The highest BCUT2D eigenvalue weighted by Crippen LogP contribution is 2.29. The summed E-state index contributed by atoms with van der Waals surface area (Å²) in [6, 6.07) is 21.4. The van der Waals surface area contributed by atoms with Crippen molar-refractivity contribution in [3.63, 3.8) is 0 Å². The van der Waals surface area contributed by atoms with Gasteiger partial charge in [0, 0.05) is 5.25 Å². The minimum Gasteiger partial charge on any atom is -0.157 e. The molecule has 0 amide bonds. The second-order valence-electron chi connectivity index (χ2n) is 3.82. The number of hydrogen-bond acceptors (Lipinski definition) is 1. The van der Waals surface area contributed by atoms with Crippen LogP contribution in [0, 0.1) is 0 Å². The maximum absolute atomic E-state index is 2.21. The summed E-state index contributed by atoms with van der Waals surface area (Å²) in [5, 5.41) is 0.559. The molecule has 1 unspecified atom stereocenters. The van der Waals surface area contributed by atoms with Gasteiger partial charge >= 0.3 is 0 Å². The molecule has 16 heavy (non-hydrogen) atoms. The van der Waals surface area contributed by atoms with Crippen molar-refractivity contribution in [2.24, 2.45) is 0 Å². The van der Waals surface area contributed by atoms with Crippen molar-refractivity contribution in [2.75, 3.05) is 6.26 Å². The van der Waals surface area contributed by atoms with Crippen LogP contribution in [0.25, 0.3) is 0 Å². The SMILES string of the molecule is CSC(Cc1ccccc1)c1ccccc1. The Bertz CT molecular complexity index is 408. The molecule has 0 N–H and O–H groups in total. The van der Waals surface area contributed by atoms with Gasteiger partial charge in [0.1, 0.15) is 0 Å². The molecular formula is C15H16S. The number of hydrogen-bond donors (Lipinski definition) is 0. The van der Waals surface area contributed by atoms with Gasteiger partial charge in [-0.1, -0.05) is 60.7 Å². The first-order valence-electron chi connectivity index (χ1n) is 5.52. The molecule has 0 heterocycles. The van der Waals surface area contributed by atoms with Crippen molar-refractivity contribution >= 4 is 11.8 Å². The Hall–Kier alpha value is -1.21. The molecule has 0 saturated heterocycles. The molecule has 82 valence electrons. The van der Waals surface area contributed by atoms with Crippen molar-refractivity contribution < 1.29 is 0 Å². The average Bonchev–Trinajstić information content (AvgIpc) is 2.38. The van der Waals surface area contributed by atoms with Crippen molar-refractivity contribution in [1.82, 2.24) is 0 Å². The van der Waals surface area contributed by atoms with Gasteiger partial charge in [0.25, 0.3) is 0 Å². The van der Waals surface area contributed by atoms with Crippen LogP contribution in [0.2, 0.25) is 0 Å². The zero-order valence-corrected chi connectivity index (χ0v) is 10.3. The van der Waals surface area contributed by atoms with E-state index in [1.807, 2.05) is 11.8 Å². The molecule has 0 fully saturated rings. The highest BCUT2D eigenvalue weighted by atomic mass is 32.2. The predicted octanol–water partition coefficient (Wildman–Crippen LogP) is 4.33. The van der Waals surface area contributed by atoms with E-state index in [0.717, 1.165) is 6.42 Å². The van der Waals surface area contributed by atoms with Crippen molar-refractivity contribution in [3.05, 3.63) is 71.8 Å². The van der Waals surface area contributed by atoms with Gasteiger partial charge in [-0.3, -0.25) is 0 Å². The van der Waals surface area contributed by atoms with Crippen LogP contribution in [0.3, 0.4) is 0 Å². The fourth-order valence-corrected chi connectivity index (χ4v) is 2.62. The lowest BCUT2D eigenvalue weighted by molar-refractivity contribution is 0.935.